The number of hydrogen-bond donors (Lipinski definition) is 2. The predicted molar refractivity (Wildman–Crippen MR) is 140 cm³/mol. The van der Waals surface area contributed by atoms with Crippen molar-refractivity contribution in [3.05, 3.63) is 107 Å². The van der Waals surface area contributed by atoms with Crippen LogP contribution in [0.4, 0.5) is 10.2 Å². The lowest BCUT2D eigenvalue weighted by atomic mass is 9.92. The van der Waals surface area contributed by atoms with Crippen LogP contribution in [0, 0.1) is 5.82 Å². The summed E-state index contributed by atoms with van der Waals surface area (Å²) in [5, 5.41) is 4.33. The minimum Gasteiger partial charge on any atom is -0.361 e. The number of aromatic amines is 1. The minimum atomic E-state index is -0.424. The first-order valence-corrected chi connectivity index (χ1v) is 11.6. The first-order chi connectivity index (χ1) is 18.1. The molecule has 5 heterocycles. The SMILES string of the molecule is C[C@H](Nc1ncnc2[nH]ccc(=O)c12)c1nc2ccc(F)cc2c(-c2ccccn2)c1-c1ccccn1. The van der Waals surface area contributed by atoms with Gasteiger partial charge in [-0.25, -0.2) is 19.3 Å². The van der Waals surface area contributed by atoms with Crippen LogP contribution in [0.15, 0.2) is 90.4 Å². The van der Waals surface area contributed by atoms with Gasteiger partial charge in [0.2, 0.25) is 0 Å². The van der Waals surface area contributed by atoms with Gasteiger partial charge in [0.15, 0.2) is 5.43 Å². The number of aromatic nitrogens is 6. The molecule has 5 aromatic heterocycles. The summed E-state index contributed by atoms with van der Waals surface area (Å²) in [4.78, 5) is 38.3. The van der Waals surface area contributed by atoms with Crippen molar-refractivity contribution < 1.29 is 4.39 Å². The van der Waals surface area contributed by atoms with Crippen molar-refractivity contribution in [2.45, 2.75) is 13.0 Å². The Balaban J connectivity index is 1.63. The third-order valence-electron chi connectivity index (χ3n) is 6.13. The summed E-state index contributed by atoms with van der Waals surface area (Å²) in [7, 11) is 0. The van der Waals surface area contributed by atoms with Crippen LogP contribution < -0.4 is 10.7 Å². The lowest BCUT2D eigenvalue weighted by Crippen LogP contribution is -2.15. The van der Waals surface area contributed by atoms with Crippen LogP contribution in [-0.2, 0) is 0 Å². The van der Waals surface area contributed by atoms with E-state index in [4.69, 9.17) is 4.98 Å². The van der Waals surface area contributed by atoms with Crippen molar-refractivity contribution in [3.8, 4) is 22.5 Å². The molecule has 1 atom stereocenters. The molecule has 8 nitrogen and oxygen atoms in total. The molecule has 1 aromatic carbocycles. The zero-order valence-corrected chi connectivity index (χ0v) is 19.7. The number of nitrogens with zero attached hydrogens (tertiary/aromatic N) is 5. The smallest absolute Gasteiger partial charge is 0.194 e. The number of fused-ring (bicyclic) bond motifs is 2. The zero-order chi connectivity index (χ0) is 25.4. The fourth-order valence-electron chi connectivity index (χ4n) is 4.51. The van der Waals surface area contributed by atoms with Gasteiger partial charge in [0.05, 0.1) is 28.6 Å². The molecule has 180 valence electrons. The van der Waals surface area contributed by atoms with Gasteiger partial charge in [-0.1, -0.05) is 12.1 Å². The first-order valence-electron chi connectivity index (χ1n) is 11.6. The van der Waals surface area contributed by atoms with E-state index in [0.717, 1.165) is 5.56 Å². The standard InChI is InChI=1S/C28H20FN7O/c1-16(35-28-25-22(37)10-13-32-27(25)33-15-34-28)26-24(21-7-3-5-12-31-21)23(20-6-2-4-11-30-20)18-14-17(29)8-9-19(18)36-26/h2-16H,1H3,(H2,32,33,34,35,37)/t16-/m0/s1. The van der Waals surface area contributed by atoms with E-state index in [2.05, 4.69) is 30.2 Å². The van der Waals surface area contributed by atoms with Crippen molar-refractivity contribution >= 4 is 27.8 Å². The number of anilines is 1. The highest BCUT2D eigenvalue weighted by Crippen LogP contribution is 2.40. The molecule has 0 spiro atoms. The van der Waals surface area contributed by atoms with E-state index in [1.165, 1.54) is 24.5 Å². The van der Waals surface area contributed by atoms with Crippen molar-refractivity contribution in [1.29, 1.82) is 0 Å². The molecule has 0 aliphatic rings. The van der Waals surface area contributed by atoms with E-state index < -0.39 is 6.04 Å². The normalized spacial score (nSPS) is 12.1. The average molecular weight is 490 g/mol. The average Bonchev–Trinajstić information content (AvgIpc) is 2.93. The molecule has 6 aromatic rings. The van der Waals surface area contributed by atoms with Gasteiger partial charge in [-0.05, 0) is 49.4 Å². The van der Waals surface area contributed by atoms with Gasteiger partial charge < -0.3 is 10.3 Å². The molecule has 0 radical (unpaired) electrons. The fourth-order valence-corrected chi connectivity index (χ4v) is 4.51. The Morgan fingerprint density at radius 3 is 2.38 bits per heavy atom. The lowest BCUT2D eigenvalue weighted by Gasteiger charge is -2.22. The molecule has 0 unspecified atom stereocenters. The van der Waals surface area contributed by atoms with Crippen LogP contribution >= 0.6 is 0 Å². The van der Waals surface area contributed by atoms with E-state index in [1.807, 2.05) is 43.3 Å². The number of rotatable bonds is 5. The Labute approximate surface area is 210 Å². The lowest BCUT2D eigenvalue weighted by molar-refractivity contribution is 0.629. The molecule has 0 amide bonds. The van der Waals surface area contributed by atoms with E-state index >= 15 is 0 Å². The molecular weight excluding hydrogens is 469 g/mol. The first kappa shape index (κ1) is 22.4. The molecular formula is C28H20FN7O. The Kier molecular flexibility index (Phi) is 5.57. The van der Waals surface area contributed by atoms with Crippen LogP contribution in [0.25, 0.3) is 44.5 Å². The second kappa shape index (κ2) is 9.19. The number of hydrogen-bond acceptors (Lipinski definition) is 7. The molecule has 0 fully saturated rings. The maximum atomic E-state index is 14.5. The van der Waals surface area contributed by atoms with Gasteiger partial charge >= 0.3 is 0 Å². The number of halogens is 1. The number of nitrogens with one attached hydrogen (secondary N) is 2. The molecule has 0 aliphatic carbocycles. The van der Waals surface area contributed by atoms with E-state index in [0.29, 0.717) is 50.4 Å². The van der Waals surface area contributed by atoms with Crippen LogP contribution in [0.3, 0.4) is 0 Å². The van der Waals surface area contributed by atoms with Gasteiger partial charge in [-0.2, -0.15) is 0 Å². The molecule has 9 heteroatoms. The third kappa shape index (κ3) is 4.06. The predicted octanol–water partition coefficient (Wildman–Crippen LogP) is 5.30. The zero-order valence-electron chi connectivity index (χ0n) is 19.7. The summed E-state index contributed by atoms with van der Waals surface area (Å²) < 4.78 is 14.5. The van der Waals surface area contributed by atoms with Crippen molar-refractivity contribution in [3.63, 3.8) is 0 Å². The quantitative estimate of drug-likeness (QED) is 0.338. The second-order valence-electron chi connectivity index (χ2n) is 8.49. The highest BCUT2D eigenvalue weighted by Gasteiger charge is 2.24. The van der Waals surface area contributed by atoms with Crippen LogP contribution in [-0.4, -0.2) is 29.9 Å². The Bertz CT molecular complexity index is 1800. The van der Waals surface area contributed by atoms with Crippen LogP contribution in [0.2, 0.25) is 0 Å². The monoisotopic (exact) mass is 489 g/mol. The van der Waals surface area contributed by atoms with Crippen molar-refractivity contribution in [2.24, 2.45) is 0 Å². The van der Waals surface area contributed by atoms with E-state index in [-0.39, 0.29) is 11.2 Å². The Morgan fingerprint density at radius 2 is 1.65 bits per heavy atom. The Hall–Kier alpha value is -5.05. The molecule has 37 heavy (non-hydrogen) atoms. The third-order valence-corrected chi connectivity index (χ3v) is 6.13. The molecule has 0 saturated carbocycles. The topological polar surface area (TPSA) is 109 Å². The van der Waals surface area contributed by atoms with Gasteiger partial charge in [0, 0.05) is 41.2 Å². The molecule has 6 rings (SSSR count). The van der Waals surface area contributed by atoms with Crippen LogP contribution in [0.5, 0.6) is 0 Å². The summed E-state index contributed by atoms with van der Waals surface area (Å²) in [6, 6.07) is 16.7. The van der Waals surface area contributed by atoms with Gasteiger partial charge in [0.25, 0.3) is 0 Å². The molecule has 0 aliphatic heterocycles. The largest absolute Gasteiger partial charge is 0.361 e. The number of pyridine rings is 4. The fraction of sp³-hybridized carbons (Fsp3) is 0.0714. The van der Waals surface area contributed by atoms with Crippen molar-refractivity contribution in [1.82, 2.24) is 29.9 Å². The summed E-state index contributed by atoms with van der Waals surface area (Å²) in [6.45, 7) is 1.93. The van der Waals surface area contributed by atoms with E-state index in [9.17, 15) is 9.18 Å². The highest BCUT2D eigenvalue weighted by molar-refractivity contribution is 6.02. The van der Waals surface area contributed by atoms with Crippen LogP contribution in [0.1, 0.15) is 18.7 Å². The van der Waals surface area contributed by atoms with Gasteiger partial charge in [-0.15, -0.1) is 0 Å². The maximum absolute atomic E-state index is 14.5. The number of benzene rings is 1. The maximum Gasteiger partial charge on any atom is 0.194 e. The Morgan fingerprint density at radius 1 is 0.892 bits per heavy atom. The summed E-state index contributed by atoms with van der Waals surface area (Å²) >= 11 is 0. The summed E-state index contributed by atoms with van der Waals surface area (Å²) in [5.41, 5.74) is 4.24. The summed E-state index contributed by atoms with van der Waals surface area (Å²) in [5.74, 6) is 0.00997. The highest BCUT2D eigenvalue weighted by atomic mass is 19.1. The minimum absolute atomic E-state index is 0.204. The molecule has 0 bridgehead atoms. The van der Waals surface area contributed by atoms with Gasteiger partial charge in [-0.3, -0.25) is 14.8 Å². The van der Waals surface area contributed by atoms with E-state index in [1.54, 1.807) is 24.7 Å². The van der Waals surface area contributed by atoms with Gasteiger partial charge in [0.1, 0.15) is 29.0 Å². The summed E-state index contributed by atoms with van der Waals surface area (Å²) in [6.07, 6.45) is 6.34. The molecule has 2 N–H and O–H groups in total. The molecule has 0 saturated heterocycles. The van der Waals surface area contributed by atoms with Crippen molar-refractivity contribution in [2.75, 3.05) is 5.32 Å². The number of H-pyrrole nitrogens is 1. The second-order valence-corrected chi connectivity index (χ2v) is 8.49.